The molecule has 0 aliphatic heterocycles. The summed E-state index contributed by atoms with van der Waals surface area (Å²) in [5.41, 5.74) is 8.33. The van der Waals surface area contributed by atoms with Crippen molar-refractivity contribution in [2.45, 2.75) is 19.4 Å². The topological polar surface area (TPSA) is 94.0 Å². The molecule has 0 saturated heterocycles. The summed E-state index contributed by atoms with van der Waals surface area (Å²) in [6.45, 7) is -0.207. The Hall–Kier alpha value is -2.21. The number of rotatable bonds is 5. The van der Waals surface area contributed by atoms with Gasteiger partial charge in [-0.05, 0) is 18.6 Å². The third kappa shape index (κ3) is 2.23. The van der Waals surface area contributed by atoms with E-state index in [4.69, 9.17) is 5.73 Å². The SMILES string of the molecule is Nc1ccccc1-n1nnc(CO)c1CCC=O. The Bertz CT molecular complexity index is 551. The Kier molecular flexibility index (Phi) is 3.69. The molecule has 0 atom stereocenters. The highest BCUT2D eigenvalue weighted by Crippen LogP contribution is 2.19. The maximum absolute atomic E-state index is 10.5. The van der Waals surface area contributed by atoms with Crippen LogP contribution in [0.4, 0.5) is 5.69 Å². The van der Waals surface area contributed by atoms with E-state index in [1.54, 1.807) is 10.7 Å². The predicted molar refractivity (Wildman–Crippen MR) is 66.1 cm³/mol. The van der Waals surface area contributed by atoms with Crippen molar-refractivity contribution in [3.8, 4) is 5.69 Å². The molecule has 2 aromatic rings. The van der Waals surface area contributed by atoms with Crippen LogP contribution < -0.4 is 5.73 Å². The van der Waals surface area contributed by atoms with Crippen LogP contribution in [0, 0.1) is 0 Å². The van der Waals surface area contributed by atoms with E-state index < -0.39 is 0 Å². The quantitative estimate of drug-likeness (QED) is 0.591. The summed E-state index contributed by atoms with van der Waals surface area (Å²) >= 11 is 0. The number of nitrogens with zero attached hydrogens (tertiary/aromatic N) is 3. The second kappa shape index (κ2) is 5.42. The number of aromatic nitrogens is 3. The molecule has 0 radical (unpaired) electrons. The van der Waals surface area contributed by atoms with Crippen molar-refractivity contribution in [3.63, 3.8) is 0 Å². The van der Waals surface area contributed by atoms with E-state index in [0.717, 1.165) is 6.29 Å². The number of hydrogen-bond donors (Lipinski definition) is 2. The average Bonchev–Trinajstić information content (AvgIpc) is 2.79. The van der Waals surface area contributed by atoms with Gasteiger partial charge in [0.15, 0.2) is 0 Å². The minimum Gasteiger partial charge on any atom is -0.397 e. The van der Waals surface area contributed by atoms with Crippen LogP contribution in [-0.4, -0.2) is 26.4 Å². The maximum Gasteiger partial charge on any atom is 0.120 e. The van der Waals surface area contributed by atoms with Crippen molar-refractivity contribution < 1.29 is 9.90 Å². The summed E-state index contributed by atoms with van der Waals surface area (Å²) in [4.78, 5) is 10.5. The molecule has 0 fully saturated rings. The molecule has 1 heterocycles. The molecule has 1 aromatic heterocycles. The first-order chi connectivity index (χ1) is 8.77. The lowest BCUT2D eigenvalue weighted by Gasteiger charge is -2.08. The normalized spacial score (nSPS) is 10.5. The average molecular weight is 246 g/mol. The first kappa shape index (κ1) is 12.3. The van der Waals surface area contributed by atoms with Crippen molar-refractivity contribution >= 4 is 12.0 Å². The Morgan fingerprint density at radius 3 is 2.83 bits per heavy atom. The van der Waals surface area contributed by atoms with Crippen molar-refractivity contribution in [1.82, 2.24) is 15.0 Å². The first-order valence-corrected chi connectivity index (χ1v) is 5.60. The van der Waals surface area contributed by atoms with Gasteiger partial charge in [0.1, 0.15) is 12.0 Å². The van der Waals surface area contributed by atoms with E-state index in [-0.39, 0.29) is 6.61 Å². The van der Waals surface area contributed by atoms with Gasteiger partial charge >= 0.3 is 0 Å². The summed E-state index contributed by atoms with van der Waals surface area (Å²) in [6, 6.07) is 7.25. The van der Waals surface area contributed by atoms with Crippen molar-refractivity contribution in [2.75, 3.05) is 5.73 Å². The zero-order valence-corrected chi connectivity index (χ0v) is 9.78. The highest BCUT2D eigenvalue weighted by molar-refractivity contribution is 5.58. The Balaban J connectivity index is 2.47. The van der Waals surface area contributed by atoms with E-state index in [2.05, 4.69) is 10.3 Å². The number of benzene rings is 1. The highest BCUT2D eigenvalue weighted by atomic mass is 16.3. The van der Waals surface area contributed by atoms with Gasteiger partial charge in [-0.3, -0.25) is 0 Å². The van der Waals surface area contributed by atoms with Crippen molar-refractivity contribution in [3.05, 3.63) is 35.7 Å². The summed E-state index contributed by atoms with van der Waals surface area (Å²) in [6.07, 6.45) is 1.65. The molecule has 6 heteroatoms. The monoisotopic (exact) mass is 246 g/mol. The van der Waals surface area contributed by atoms with Crippen LogP contribution in [-0.2, 0) is 17.8 Å². The fourth-order valence-electron chi connectivity index (χ4n) is 1.78. The smallest absolute Gasteiger partial charge is 0.120 e. The lowest BCUT2D eigenvalue weighted by Crippen LogP contribution is -2.07. The maximum atomic E-state index is 10.5. The van der Waals surface area contributed by atoms with E-state index in [1.165, 1.54) is 0 Å². The molecule has 0 aliphatic rings. The Labute approximate surface area is 104 Å². The third-order valence-corrected chi connectivity index (χ3v) is 2.66. The molecule has 6 nitrogen and oxygen atoms in total. The Morgan fingerprint density at radius 2 is 2.17 bits per heavy atom. The summed E-state index contributed by atoms with van der Waals surface area (Å²) in [5, 5.41) is 17.1. The lowest BCUT2D eigenvalue weighted by atomic mass is 10.2. The van der Waals surface area contributed by atoms with Gasteiger partial charge in [0.2, 0.25) is 0 Å². The molecule has 3 N–H and O–H groups in total. The third-order valence-electron chi connectivity index (χ3n) is 2.66. The first-order valence-electron chi connectivity index (χ1n) is 5.60. The van der Waals surface area contributed by atoms with E-state index >= 15 is 0 Å². The molecule has 0 aliphatic carbocycles. The van der Waals surface area contributed by atoms with Gasteiger partial charge in [-0.1, -0.05) is 17.3 Å². The number of hydrogen-bond acceptors (Lipinski definition) is 5. The van der Waals surface area contributed by atoms with Gasteiger partial charge in [-0.25, -0.2) is 4.68 Å². The van der Waals surface area contributed by atoms with Crippen LogP contribution in [0.2, 0.25) is 0 Å². The molecule has 94 valence electrons. The van der Waals surface area contributed by atoms with Gasteiger partial charge in [0, 0.05) is 6.42 Å². The molecular formula is C12H14N4O2. The highest BCUT2D eigenvalue weighted by Gasteiger charge is 2.14. The van der Waals surface area contributed by atoms with Gasteiger partial charge in [-0.15, -0.1) is 5.10 Å². The zero-order valence-electron chi connectivity index (χ0n) is 9.78. The van der Waals surface area contributed by atoms with Crippen molar-refractivity contribution in [2.24, 2.45) is 0 Å². The van der Waals surface area contributed by atoms with Crippen LogP contribution in [0.3, 0.4) is 0 Å². The van der Waals surface area contributed by atoms with Crippen LogP contribution in [0.25, 0.3) is 5.69 Å². The molecular weight excluding hydrogens is 232 g/mol. The van der Waals surface area contributed by atoms with Gasteiger partial charge < -0.3 is 15.6 Å². The number of carbonyl (C=O) groups excluding carboxylic acids is 1. The Morgan fingerprint density at radius 1 is 1.39 bits per heavy atom. The molecule has 0 amide bonds. The zero-order chi connectivity index (χ0) is 13.0. The molecule has 18 heavy (non-hydrogen) atoms. The lowest BCUT2D eigenvalue weighted by molar-refractivity contribution is -0.107. The van der Waals surface area contributed by atoms with Crippen LogP contribution in [0.5, 0.6) is 0 Å². The number of para-hydroxylation sites is 2. The molecule has 0 bridgehead atoms. The summed E-state index contributed by atoms with van der Waals surface area (Å²) < 4.78 is 1.57. The van der Waals surface area contributed by atoms with Crippen LogP contribution >= 0.6 is 0 Å². The summed E-state index contributed by atoms with van der Waals surface area (Å²) in [5.74, 6) is 0. The van der Waals surface area contributed by atoms with Crippen LogP contribution in [0.1, 0.15) is 17.8 Å². The van der Waals surface area contributed by atoms with Gasteiger partial charge in [-0.2, -0.15) is 0 Å². The van der Waals surface area contributed by atoms with Crippen molar-refractivity contribution in [1.29, 1.82) is 0 Å². The summed E-state index contributed by atoms with van der Waals surface area (Å²) in [7, 11) is 0. The fourth-order valence-corrected chi connectivity index (χ4v) is 1.78. The molecule has 2 rings (SSSR count). The number of aldehydes is 1. The fraction of sp³-hybridized carbons (Fsp3) is 0.250. The molecule has 0 unspecified atom stereocenters. The van der Waals surface area contributed by atoms with Gasteiger partial charge in [0.05, 0.1) is 23.7 Å². The van der Waals surface area contributed by atoms with E-state index in [1.807, 2.05) is 18.2 Å². The number of anilines is 1. The molecule has 0 spiro atoms. The van der Waals surface area contributed by atoms with Crippen LogP contribution in [0.15, 0.2) is 24.3 Å². The minimum absolute atomic E-state index is 0.207. The second-order valence-electron chi connectivity index (χ2n) is 3.82. The largest absolute Gasteiger partial charge is 0.397 e. The number of nitrogen functional groups attached to an aromatic ring is 1. The van der Waals surface area contributed by atoms with E-state index in [0.29, 0.717) is 35.6 Å². The predicted octanol–water partition coefficient (Wildman–Crippen LogP) is 0.473. The molecule has 1 aromatic carbocycles. The van der Waals surface area contributed by atoms with Gasteiger partial charge in [0.25, 0.3) is 0 Å². The number of nitrogens with two attached hydrogens (primary N) is 1. The second-order valence-corrected chi connectivity index (χ2v) is 3.82. The standard InChI is InChI=1S/C12H14N4O2/c13-9-4-1-2-5-11(9)16-12(6-3-7-17)10(8-18)14-15-16/h1-2,4-5,7,18H,3,6,8,13H2. The minimum atomic E-state index is -0.207. The molecule has 0 saturated carbocycles. The number of carbonyl (C=O) groups is 1. The number of aliphatic hydroxyl groups is 1. The van der Waals surface area contributed by atoms with E-state index in [9.17, 15) is 9.90 Å². The number of aliphatic hydroxyl groups excluding tert-OH is 1.